The third-order valence-corrected chi connectivity index (χ3v) is 14.7. The van der Waals surface area contributed by atoms with E-state index in [2.05, 4.69) is 45.1 Å². The highest BCUT2D eigenvalue weighted by molar-refractivity contribution is 5.71. The topological polar surface area (TPSA) is 78.9 Å². The Kier molecular flexibility index (Phi) is 59.6. The summed E-state index contributed by atoms with van der Waals surface area (Å²) in [7, 11) is 0. The molecule has 0 N–H and O–H groups in total. The third kappa shape index (κ3) is 58.8. The second-order valence-electron chi connectivity index (χ2n) is 22.0. The van der Waals surface area contributed by atoms with E-state index in [1.807, 2.05) is 0 Å². The molecule has 0 amide bonds. The van der Waals surface area contributed by atoms with Crippen molar-refractivity contribution in [2.75, 3.05) is 13.2 Å². The zero-order chi connectivity index (χ0) is 52.2. The lowest BCUT2D eigenvalue weighted by Gasteiger charge is -2.18. The molecule has 6 heteroatoms. The normalized spacial score (nSPS) is 12.1. The Morgan fingerprint density at radius 3 is 0.792 bits per heavy atom. The van der Waals surface area contributed by atoms with E-state index in [9.17, 15) is 14.4 Å². The molecule has 424 valence electrons. The number of carbonyl (C=O) groups excluding carboxylic acids is 3. The van der Waals surface area contributed by atoms with Gasteiger partial charge in [-0.3, -0.25) is 14.4 Å². The van der Waals surface area contributed by atoms with Gasteiger partial charge in [-0.05, 0) is 51.4 Å². The van der Waals surface area contributed by atoms with Gasteiger partial charge in [0.25, 0.3) is 0 Å². The Labute approximate surface area is 449 Å². The summed E-state index contributed by atoms with van der Waals surface area (Å²) in [6.07, 6.45) is 73.2. The summed E-state index contributed by atoms with van der Waals surface area (Å²) in [4.78, 5) is 38.3. The largest absolute Gasteiger partial charge is 0.462 e. The molecule has 0 aliphatic rings. The molecule has 0 saturated heterocycles. The smallest absolute Gasteiger partial charge is 0.306 e. The number of carbonyl (C=O) groups is 3. The lowest BCUT2D eigenvalue weighted by molar-refractivity contribution is -0.167. The van der Waals surface area contributed by atoms with Crippen molar-refractivity contribution in [1.29, 1.82) is 0 Å². The maximum atomic E-state index is 12.9. The van der Waals surface area contributed by atoms with Crippen LogP contribution in [0.25, 0.3) is 0 Å². The van der Waals surface area contributed by atoms with E-state index >= 15 is 0 Å². The van der Waals surface area contributed by atoms with Crippen molar-refractivity contribution in [1.82, 2.24) is 0 Å². The molecule has 0 aliphatic heterocycles. The second kappa shape index (κ2) is 61.4. The predicted molar refractivity (Wildman–Crippen MR) is 312 cm³/mol. The Morgan fingerprint density at radius 1 is 0.278 bits per heavy atom. The lowest BCUT2D eigenvalue weighted by atomic mass is 10.0. The van der Waals surface area contributed by atoms with E-state index in [0.717, 1.165) is 64.2 Å². The molecule has 6 nitrogen and oxygen atoms in total. The molecule has 0 spiro atoms. The molecule has 0 fully saturated rings. The molecular weight excluding hydrogens is 889 g/mol. The van der Waals surface area contributed by atoms with Crippen molar-refractivity contribution in [2.45, 2.75) is 367 Å². The van der Waals surface area contributed by atoms with Gasteiger partial charge in [0.05, 0.1) is 0 Å². The first-order chi connectivity index (χ1) is 35.5. The van der Waals surface area contributed by atoms with Gasteiger partial charge in [-0.1, -0.05) is 315 Å². The van der Waals surface area contributed by atoms with Crippen molar-refractivity contribution in [2.24, 2.45) is 0 Å². The summed E-state index contributed by atoms with van der Waals surface area (Å²) in [5, 5.41) is 0. The van der Waals surface area contributed by atoms with E-state index in [1.54, 1.807) is 0 Å². The van der Waals surface area contributed by atoms with Crippen LogP contribution < -0.4 is 0 Å². The first-order valence-corrected chi connectivity index (χ1v) is 32.3. The Hall–Kier alpha value is -2.11. The molecule has 0 heterocycles. The van der Waals surface area contributed by atoms with Gasteiger partial charge in [0.2, 0.25) is 0 Å². The Balaban J connectivity index is 4.31. The molecular formula is C66H124O6. The minimum atomic E-state index is -0.769. The molecule has 0 aromatic carbocycles. The minimum absolute atomic E-state index is 0.0660. The fraction of sp³-hybridized carbons (Fsp3) is 0.894. The van der Waals surface area contributed by atoms with Crippen LogP contribution >= 0.6 is 0 Å². The van der Waals surface area contributed by atoms with Gasteiger partial charge in [0.1, 0.15) is 13.2 Å². The van der Waals surface area contributed by atoms with Gasteiger partial charge in [0.15, 0.2) is 6.10 Å². The highest BCUT2D eigenvalue weighted by atomic mass is 16.6. The maximum absolute atomic E-state index is 12.9. The fourth-order valence-corrected chi connectivity index (χ4v) is 9.83. The number of hydrogen-bond acceptors (Lipinski definition) is 6. The highest BCUT2D eigenvalue weighted by Gasteiger charge is 2.19. The monoisotopic (exact) mass is 1010 g/mol. The zero-order valence-electron chi connectivity index (χ0n) is 48.7. The molecule has 0 radical (unpaired) electrons. The molecule has 0 bridgehead atoms. The molecule has 1 atom stereocenters. The quantitative estimate of drug-likeness (QED) is 0.0261. The van der Waals surface area contributed by atoms with E-state index in [1.165, 1.54) is 257 Å². The van der Waals surface area contributed by atoms with Gasteiger partial charge in [0, 0.05) is 19.3 Å². The van der Waals surface area contributed by atoms with Crippen molar-refractivity contribution in [3.63, 3.8) is 0 Å². The van der Waals surface area contributed by atoms with Crippen LogP contribution in [-0.4, -0.2) is 37.2 Å². The average Bonchev–Trinajstić information content (AvgIpc) is 3.38. The van der Waals surface area contributed by atoms with E-state index < -0.39 is 6.10 Å². The van der Waals surface area contributed by atoms with Gasteiger partial charge in [-0.2, -0.15) is 0 Å². The Bertz CT molecular complexity index is 1160. The maximum Gasteiger partial charge on any atom is 0.306 e. The van der Waals surface area contributed by atoms with Crippen molar-refractivity contribution in [3.8, 4) is 0 Å². The van der Waals surface area contributed by atoms with Crippen LogP contribution in [0.1, 0.15) is 361 Å². The van der Waals surface area contributed by atoms with Gasteiger partial charge in [-0.25, -0.2) is 0 Å². The van der Waals surface area contributed by atoms with Crippen LogP contribution in [0.4, 0.5) is 0 Å². The van der Waals surface area contributed by atoms with Crippen LogP contribution in [-0.2, 0) is 28.6 Å². The van der Waals surface area contributed by atoms with Crippen molar-refractivity contribution < 1.29 is 28.6 Å². The molecule has 0 aromatic rings. The van der Waals surface area contributed by atoms with Gasteiger partial charge in [-0.15, -0.1) is 0 Å². The summed E-state index contributed by atoms with van der Waals surface area (Å²) in [6, 6.07) is 0. The van der Waals surface area contributed by atoms with E-state index in [0.29, 0.717) is 19.3 Å². The average molecular weight is 1010 g/mol. The van der Waals surface area contributed by atoms with Crippen LogP contribution in [0.15, 0.2) is 24.3 Å². The third-order valence-electron chi connectivity index (χ3n) is 14.7. The standard InChI is InChI=1S/C66H124O6/c1-4-7-10-13-16-19-22-25-28-31-33-35-38-41-44-47-50-53-56-59-65(68)71-62-63(61-70-64(67)58-55-52-49-46-43-40-37-30-27-24-21-18-15-12-9-6-3)72-66(69)60-57-54-51-48-45-42-39-36-34-32-29-26-23-20-17-14-11-8-5-2/h16,19,25,28,63H,4-15,17-18,20-24,26-27,29-62H2,1-3H3/b19-16-,28-25-/t63-/m1/s1. The summed E-state index contributed by atoms with van der Waals surface area (Å²) >= 11 is 0. The number of hydrogen-bond donors (Lipinski definition) is 0. The van der Waals surface area contributed by atoms with Crippen molar-refractivity contribution in [3.05, 3.63) is 24.3 Å². The summed E-state index contributed by atoms with van der Waals surface area (Å²) in [6.45, 7) is 6.69. The summed E-state index contributed by atoms with van der Waals surface area (Å²) in [5.74, 6) is -0.841. The molecule has 0 rings (SSSR count). The molecule has 0 aromatic heterocycles. The van der Waals surface area contributed by atoms with Crippen molar-refractivity contribution >= 4 is 17.9 Å². The zero-order valence-corrected chi connectivity index (χ0v) is 48.7. The second-order valence-corrected chi connectivity index (χ2v) is 22.0. The van der Waals surface area contributed by atoms with Crippen LogP contribution in [0.5, 0.6) is 0 Å². The van der Waals surface area contributed by atoms with Gasteiger partial charge < -0.3 is 14.2 Å². The number of allylic oxidation sites excluding steroid dienone is 4. The predicted octanol–water partition coefficient (Wildman–Crippen LogP) is 21.8. The number of ether oxygens (including phenoxy) is 3. The van der Waals surface area contributed by atoms with E-state index in [4.69, 9.17) is 14.2 Å². The molecule has 72 heavy (non-hydrogen) atoms. The molecule has 0 aliphatic carbocycles. The lowest BCUT2D eigenvalue weighted by Crippen LogP contribution is -2.30. The van der Waals surface area contributed by atoms with Crippen LogP contribution in [0.2, 0.25) is 0 Å². The first kappa shape index (κ1) is 69.9. The highest BCUT2D eigenvalue weighted by Crippen LogP contribution is 2.18. The molecule has 0 saturated carbocycles. The number of esters is 3. The van der Waals surface area contributed by atoms with Crippen LogP contribution in [0, 0.1) is 0 Å². The summed E-state index contributed by atoms with van der Waals surface area (Å²) in [5.41, 5.74) is 0. The number of unbranched alkanes of at least 4 members (excludes halogenated alkanes) is 45. The van der Waals surface area contributed by atoms with Crippen LogP contribution in [0.3, 0.4) is 0 Å². The SMILES string of the molecule is CCCCC/C=C\C/C=C\CCCCCCCCCCCC(=O)OC[C@@H](COC(=O)CCCCCCCCCCCCCCCCCC)OC(=O)CCCCCCCCCCCCCCCCCCCCC. The fourth-order valence-electron chi connectivity index (χ4n) is 9.83. The Morgan fingerprint density at radius 2 is 0.500 bits per heavy atom. The van der Waals surface area contributed by atoms with Gasteiger partial charge >= 0.3 is 17.9 Å². The van der Waals surface area contributed by atoms with E-state index in [-0.39, 0.29) is 31.1 Å². The first-order valence-electron chi connectivity index (χ1n) is 32.3. The molecule has 0 unspecified atom stereocenters. The summed E-state index contributed by atoms with van der Waals surface area (Å²) < 4.78 is 17.0. The minimum Gasteiger partial charge on any atom is -0.462 e. The number of rotatable bonds is 60.